The van der Waals surface area contributed by atoms with E-state index >= 15 is 0 Å². The Hall–Kier alpha value is -0.930. The van der Waals surface area contributed by atoms with E-state index in [1.807, 2.05) is 0 Å². The second-order valence-electron chi connectivity index (χ2n) is 4.20. The molecular weight excluding hydrogens is 259 g/mol. The van der Waals surface area contributed by atoms with Crippen LogP contribution < -0.4 is 5.73 Å². The Kier molecular flexibility index (Phi) is 4.13. The molecule has 1 saturated carbocycles. The fraction of sp³-hybridized carbons (Fsp3) is 0.417. The van der Waals surface area contributed by atoms with E-state index in [9.17, 15) is 0 Å². The highest BCUT2D eigenvalue weighted by atomic mass is 35.5. The van der Waals surface area contributed by atoms with Crippen LogP contribution in [0.5, 0.6) is 0 Å². The van der Waals surface area contributed by atoms with Gasteiger partial charge in [-0.2, -0.15) is 0 Å². The predicted octanol–water partition coefficient (Wildman–Crippen LogP) is 3.23. The molecule has 1 fully saturated rings. The summed E-state index contributed by atoms with van der Waals surface area (Å²) in [7, 11) is 0. The van der Waals surface area contributed by atoms with E-state index in [2.05, 4.69) is 5.16 Å². The first-order valence-electron chi connectivity index (χ1n) is 5.54. The first kappa shape index (κ1) is 12.5. The van der Waals surface area contributed by atoms with Gasteiger partial charge in [0.05, 0.1) is 0 Å². The number of nitrogens with zero attached hydrogens (tertiary/aromatic N) is 1. The number of nitrogens with two attached hydrogens (primary N) is 1. The first-order chi connectivity index (χ1) is 8.16. The average molecular weight is 273 g/mol. The molecule has 0 spiro atoms. The van der Waals surface area contributed by atoms with E-state index in [0.29, 0.717) is 34.8 Å². The number of hydrogen-bond acceptors (Lipinski definition) is 2. The molecular formula is C12H14Cl2N2O. The Bertz CT molecular complexity index is 410. The summed E-state index contributed by atoms with van der Waals surface area (Å²) in [6, 6.07) is 5.35. The van der Waals surface area contributed by atoms with Crippen molar-refractivity contribution in [2.24, 2.45) is 16.8 Å². The number of hydrogen-bond donors (Lipinski definition) is 1. The van der Waals surface area contributed by atoms with Crippen LogP contribution in [0.4, 0.5) is 0 Å². The normalized spacial score (nSPS) is 16.0. The molecule has 0 heterocycles. The topological polar surface area (TPSA) is 47.6 Å². The molecule has 0 atom stereocenters. The van der Waals surface area contributed by atoms with Crippen molar-refractivity contribution >= 4 is 29.0 Å². The summed E-state index contributed by atoms with van der Waals surface area (Å²) >= 11 is 12.1. The van der Waals surface area contributed by atoms with Gasteiger partial charge >= 0.3 is 0 Å². The first-order valence-corrected chi connectivity index (χ1v) is 6.29. The van der Waals surface area contributed by atoms with Crippen LogP contribution in [-0.4, -0.2) is 12.4 Å². The Morgan fingerprint density at radius 2 is 2.00 bits per heavy atom. The lowest BCUT2D eigenvalue weighted by atomic mass is 10.1. The van der Waals surface area contributed by atoms with E-state index in [0.717, 1.165) is 5.56 Å². The molecule has 5 heteroatoms. The van der Waals surface area contributed by atoms with Gasteiger partial charge in [0.2, 0.25) is 0 Å². The van der Waals surface area contributed by atoms with Gasteiger partial charge in [-0.15, -0.1) is 0 Å². The highest BCUT2D eigenvalue weighted by molar-refractivity contribution is 6.36. The van der Waals surface area contributed by atoms with E-state index in [-0.39, 0.29) is 0 Å². The van der Waals surface area contributed by atoms with Crippen LogP contribution in [0.3, 0.4) is 0 Å². The van der Waals surface area contributed by atoms with E-state index < -0.39 is 0 Å². The number of halogens is 2. The van der Waals surface area contributed by atoms with E-state index in [1.54, 1.807) is 18.2 Å². The minimum atomic E-state index is 0.389. The summed E-state index contributed by atoms with van der Waals surface area (Å²) in [5.74, 6) is 1.05. The smallest absolute Gasteiger partial charge is 0.143 e. The summed E-state index contributed by atoms with van der Waals surface area (Å²) in [5, 5.41) is 5.05. The second-order valence-corrected chi connectivity index (χ2v) is 5.01. The van der Waals surface area contributed by atoms with Gasteiger partial charge in [0.25, 0.3) is 0 Å². The molecule has 1 aliphatic rings. The van der Waals surface area contributed by atoms with Gasteiger partial charge in [0.1, 0.15) is 12.4 Å². The zero-order chi connectivity index (χ0) is 12.3. The Morgan fingerprint density at radius 1 is 1.35 bits per heavy atom. The molecule has 1 aromatic carbocycles. The molecule has 1 aromatic rings. The molecule has 0 saturated heterocycles. The van der Waals surface area contributed by atoms with Gasteiger partial charge in [-0.05, 0) is 36.5 Å². The van der Waals surface area contributed by atoms with Crippen molar-refractivity contribution in [3.8, 4) is 0 Å². The molecule has 3 nitrogen and oxygen atoms in total. The molecule has 0 amide bonds. The molecule has 0 unspecified atom stereocenters. The molecule has 17 heavy (non-hydrogen) atoms. The van der Waals surface area contributed by atoms with Crippen molar-refractivity contribution in [2.45, 2.75) is 19.3 Å². The van der Waals surface area contributed by atoms with Crippen molar-refractivity contribution < 1.29 is 4.84 Å². The molecule has 0 aromatic heterocycles. The number of benzene rings is 1. The van der Waals surface area contributed by atoms with Crippen molar-refractivity contribution in [1.29, 1.82) is 0 Å². The number of rotatable bonds is 5. The van der Waals surface area contributed by atoms with Crippen LogP contribution in [0.15, 0.2) is 23.4 Å². The van der Waals surface area contributed by atoms with Gasteiger partial charge in [-0.3, -0.25) is 0 Å². The molecule has 0 bridgehead atoms. The van der Waals surface area contributed by atoms with E-state index in [4.69, 9.17) is 33.8 Å². The molecule has 0 radical (unpaired) electrons. The van der Waals surface area contributed by atoms with Gasteiger partial charge in [-0.25, -0.2) is 0 Å². The Labute approximate surface area is 111 Å². The Morgan fingerprint density at radius 3 is 2.59 bits per heavy atom. The van der Waals surface area contributed by atoms with Crippen molar-refractivity contribution in [3.63, 3.8) is 0 Å². The van der Waals surface area contributed by atoms with Crippen LogP contribution in [0.1, 0.15) is 18.4 Å². The standard InChI is InChI=1S/C12H14Cl2N2O/c13-10-2-1-3-11(14)9(10)6-12(15)16-17-7-8-4-5-8/h1-3,8H,4-7H2,(H2,15,16). The summed E-state index contributed by atoms with van der Waals surface area (Å²) in [6.45, 7) is 0.650. The molecule has 1 aliphatic carbocycles. The van der Waals surface area contributed by atoms with Gasteiger partial charge in [-0.1, -0.05) is 34.4 Å². The monoisotopic (exact) mass is 272 g/mol. The van der Waals surface area contributed by atoms with Gasteiger partial charge in [0, 0.05) is 16.5 Å². The highest BCUT2D eigenvalue weighted by Crippen LogP contribution is 2.29. The lowest BCUT2D eigenvalue weighted by Crippen LogP contribution is -2.16. The summed E-state index contributed by atoms with van der Waals surface area (Å²) in [5.41, 5.74) is 6.54. The van der Waals surface area contributed by atoms with Crippen molar-refractivity contribution in [3.05, 3.63) is 33.8 Å². The van der Waals surface area contributed by atoms with Crippen LogP contribution in [0.25, 0.3) is 0 Å². The fourth-order valence-electron chi connectivity index (χ4n) is 1.42. The SMILES string of the molecule is NC(Cc1c(Cl)cccc1Cl)=NOCC1CC1. The maximum absolute atomic E-state index is 6.03. The Balaban J connectivity index is 1.93. The predicted molar refractivity (Wildman–Crippen MR) is 70.5 cm³/mol. The molecule has 0 aliphatic heterocycles. The minimum absolute atomic E-state index is 0.389. The maximum Gasteiger partial charge on any atom is 0.143 e. The molecule has 92 valence electrons. The van der Waals surface area contributed by atoms with Crippen molar-refractivity contribution in [2.75, 3.05) is 6.61 Å². The highest BCUT2D eigenvalue weighted by Gasteiger charge is 2.21. The molecule has 2 N–H and O–H groups in total. The fourth-order valence-corrected chi connectivity index (χ4v) is 1.96. The summed E-state index contributed by atoms with van der Waals surface area (Å²) < 4.78 is 0. The second kappa shape index (κ2) is 5.61. The van der Waals surface area contributed by atoms with Gasteiger partial charge < -0.3 is 10.6 Å². The third-order valence-electron chi connectivity index (χ3n) is 2.61. The quantitative estimate of drug-likeness (QED) is 0.508. The van der Waals surface area contributed by atoms with Gasteiger partial charge in [0.15, 0.2) is 0 Å². The number of oxime groups is 1. The minimum Gasteiger partial charge on any atom is -0.394 e. The largest absolute Gasteiger partial charge is 0.394 e. The summed E-state index contributed by atoms with van der Waals surface area (Å²) in [4.78, 5) is 5.15. The van der Waals surface area contributed by atoms with Crippen LogP contribution >= 0.6 is 23.2 Å². The number of amidine groups is 1. The van der Waals surface area contributed by atoms with Crippen LogP contribution in [-0.2, 0) is 11.3 Å². The van der Waals surface area contributed by atoms with Crippen LogP contribution in [0.2, 0.25) is 10.0 Å². The lowest BCUT2D eigenvalue weighted by Gasteiger charge is -2.06. The maximum atomic E-state index is 6.03. The van der Waals surface area contributed by atoms with Crippen molar-refractivity contribution in [1.82, 2.24) is 0 Å². The average Bonchev–Trinajstić information content (AvgIpc) is 3.08. The third kappa shape index (κ3) is 3.79. The lowest BCUT2D eigenvalue weighted by molar-refractivity contribution is 0.133. The zero-order valence-corrected chi connectivity index (χ0v) is 10.8. The summed E-state index contributed by atoms with van der Waals surface area (Å²) in [6.07, 6.45) is 2.86. The van der Waals surface area contributed by atoms with Crippen LogP contribution in [0, 0.1) is 5.92 Å². The third-order valence-corrected chi connectivity index (χ3v) is 3.32. The van der Waals surface area contributed by atoms with E-state index in [1.165, 1.54) is 12.8 Å². The molecule has 2 rings (SSSR count). The zero-order valence-electron chi connectivity index (χ0n) is 9.33.